The van der Waals surface area contributed by atoms with E-state index in [0.29, 0.717) is 18.6 Å². The van der Waals surface area contributed by atoms with Gasteiger partial charge in [0.05, 0.1) is 11.8 Å². The molecule has 1 heterocycles. The van der Waals surface area contributed by atoms with Gasteiger partial charge in [0.15, 0.2) is 0 Å². The largest absolute Gasteiger partial charge is 0.416 e. The number of allylic oxidation sites excluding steroid dienone is 1. The van der Waals surface area contributed by atoms with Crippen LogP contribution >= 0.6 is 0 Å². The number of hydrogen-bond donors (Lipinski definition) is 1. The van der Waals surface area contributed by atoms with E-state index >= 15 is 0 Å². The molecule has 0 bridgehead atoms. The molecule has 2 rings (SSSR count). The van der Waals surface area contributed by atoms with Gasteiger partial charge in [-0.25, -0.2) is 0 Å². The van der Waals surface area contributed by atoms with Gasteiger partial charge in [0.2, 0.25) is 0 Å². The molecule has 0 saturated carbocycles. The van der Waals surface area contributed by atoms with Crippen LogP contribution in [0.15, 0.2) is 47.1 Å². The summed E-state index contributed by atoms with van der Waals surface area (Å²) in [5.74, 6) is -0.0693. The summed E-state index contributed by atoms with van der Waals surface area (Å²) in [6, 6.07) is 4.21. The Bertz CT molecular complexity index is 703. The lowest BCUT2D eigenvalue weighted by Crippen LogP contribution is -2.13. The smallest absolute Gasteiger partial charge is 0.361 e. The molecule has 0 saturated heterocycles. The molecule has 122 valence electrons. The molecule has 1 amide bonds. The fourth-order valence-corrected chi connectivity index (χ4v) is 1.90. The van der Waals surface area contributed by atoms with Gasteiger partial charge in [-0.2, -0.15) is 13.2 Å². The van der Waals surface area contributed by atoms with E-state index in [0.717, 1.165) is 17.7 Å². The Morgan fingerprint density at radius 3 is 2.52 bits per heavy atom. The molecule has 4 nitrogen and oxygen atoms in total. The van der Waals surface area contributed by atoms with E-state index in [4.69, 9.17) is 4.52 Å². The molecule has 1 aromatic heterocycles. The first-order valence-electron chi connectivity index (χ1n) is 6.84. The Hall–Kier alpha value is -2.57. The Morgan fingerprint density at radius 2 is 1.96 bits per heavy atom. The topological polar surface area (TPSA) is 55.1 Å². The Morgan fingerprint density at radius 1 is 1.30 bits per heavy atom. The zero-order valence-corrected chi connectivity index (χ0v) is 12.4. The molecule has 0 spiro atoms. The summed E-state index contributed by atoms with van der Waals surface area (Å²) in [4.78, 5) is 12.2. The van der Waals surface area contributed by atoms with Crippen molar-refractivity contribution < 1.29 is 22.5 Å². The highest BCUT2D eigenvalue weighted by Gasteiger charge is 2.30. The zero-order valence-electron chi connectivity index (χ0n) is 12.4. The molecule has 0 aliphatic carbocycles. The number of halogens is 3. The summed E-state index contributed by atoms with van der Waals surface area (Å²) >= 11 is 0. The van der Waals surface area contributed by atoms with Crippen molar-refractivity contribution >= 4 is 11.6 Å². The van der Waals surface area contributed by atoms with Crippen LogP contribution in [0.3, 0.4) is 0 Å². The molecule has 1 aromatic carbocycles. The van der Waals surface area contributed by atoms with Gasteiger partial charge < -0.3 is 9.84 Å². The SMILES string of the molecule is C=C(C)CCc1oncc1C(=O)Nc1ccc(C(F)(F)F)cc1. The first-order valence-corrected chi connectivity index (χ1v) is 6.84. The average Bonchev–Trinajstić information content (AvgIpc) is 2.93. The fraction of sp³-hybridized carbons (Fsp3) is 0.250. The molecule has 0 unspecified atom stereocenters. The number of carbonyl (C=O) groups is 1. The Balaban J connectivity index is 2.08. The van der Waals surface area contributed by atoms with Crippen LogP contribution in [-0.2, 0) is 12.6 Å². The maximum absolute atomic E-state index is 12.5. The minimum absolute atomic E-state index is 0.256. The number of nitrogens with one attached hydrogen (secondary N) is 1. The highest BCUT2D eigenvalue weighted by atomic mass is 19.4. The lowest BCUT2D eigenvalue weighted by atomic mass is 10.1. The molecule has 2 aromatic rings. The predicted molar refractivity (Wildman–Crippen MR) is 79.0 cm³/mol. The fourth-order valence-electron chi connectivity index (χ4n) is 1.90. The molecule has 0 aliphatic rings. The first-order chi connectivity index (χ1) is 10.8. The van der Waals surface area contributed by atoms with Crippen molar-refractivity contribution in [2.75, 3.05) is 5.32 Å². The lowest BCUT2D eigenvalue weighted by Gasteiger charge is -2.08. The lowest BCUT2D eigenvalue weighted by molar-refractivity contribution is -0.137. The minimum atomic E-state index is -4.41. The van der Waals surface area contributed by atoms with Crippen LogP contribution in [0, 0.1) is 0 Å². The number of rotatable bonds is 5. The van der Waals surface area contributed by atoms with Crippen LogP contribution in [0.4, 0.5) is 18.9 Å². The predicted octanol–water partition coefficient (Wildman–Crippen LogP) is 4.45. The van der Waals surface area contributed by atoms with E-state index in [9.17, 15) is 18.0 Å². The summed E-state index contributed by atoms with van der Waals surface area (Å²) in [5, 5.41) is 6.12. The molecule has 0 radical (unpaired) electrons. The van der Waals surface area contributed by atoms with Gasteiger partial charge in [0.1, 0.15) is 11.3 Å². The monoisotopic (exact) mass is 324 g/mol. The van der Waals surface area contributed by atoms with Gasteiger partial charge in [-0.3, -0.25) is 4.79 Å². The number of anilines is 1. The molecule has 1 N–H and O–H groups in total. The van der Waals surface area contributed by atoms with Crippen molar-refractivity contribution in [1.82, 2.24) is 5.16 Å². The second kappa shape index (κ2) is 6.68. The molecule has 0 atom stereocenters. The van der Waals surface area contributed by atoms with Crippen molar-refractivity contribution in [2.24, 2.45) is 0 Å². The standard InChI is InChI=1S/C16H15F3N2O2/c1-10(2)3-8-14-13(9-20-23-14)15(22)21-12-6-4-11(5-7-12)16(17,18)19/h4-7,9H,1,3,8H2,2H3,(H,21,22). The maximum atomic E-state index is 12.5. The van der Waals surface area contributed by atoms with Crippen molar-refractivity contribution in [1.29, 1.82) is 0 Å². The number of aryl methyl sites for hydroxylation is 1. The summed E-state index contributed by atoms with van der Waals surface area (Å²) in [6.45, 7) is 5.63. The number of carbonyl (C=O) groups excluding carboxylic acids is 1. The summed E-state index contributed by atoms with van der Waals surface area (Å²) in [5.41, 5.74) is 0.680. The van der Waals surface area contributed by atoms with E-state index in [1.54, 1.807) is 0 Å². The Labute approximate surface area is 131 Å². The number of aromatic nitrogens is 1. The average molecular weight is 324 g/mol. The third kappa shape index (κ3) is 4.45. The van der Waals surface area contributed by atoms with Crippen LogP contribution in [0.1, 0.15) is 35.0 Å². The summed E-state index contributed by atoms with van der Waals surface area (Å²) < 4.78 is 42.5. The van der Waals surface area contributed by atoms with E-state index < -0.39 is 17.6 Å². The highest BCUT2D eigenvalue weighted by molar-refractivity contribution is 6.04. The van der Waals surface area contributed by atoms with Crippen LogP contribution in [-0.4, -0.2) is 11.1 Å². The number of nitrogens with zero attached hydrogens (tertiary/aromatic N) is 1. The molecule has 0 aliphatic heterocycles. The molecule has 0 fully saturated rings. The minimum Gasteiger partial charge on any atom is -0.361 e. The second-order valence-corrected chi connectivity index (χ2v) is 5.15. The van der Waals surface area contributed by atoms with E-state index in [2.05, 4.69) is 17.1 Å². The highest BCUT2D eigenvalue weighted by Crippen LogP contribution is 2.29. The van der Waals surface area contributed by atoms with E-state index in [1.807, 2.05) is 6.92 Å². The molecular formula is C16H15F3N2O2. The van der Waals surface area contributed by atoms with Crippen LogP contribution in [0.5, 0.6) is 0 Å². The van der Waals surface area contributed by atoms with Crippen LogP contribution in [0.2, 0.25) is 0 Å². The summed E-state index contributed by atoms with van der Waals surface area (Å²) in [6.07, 6.45) is -2.00. The molecular weight excluding hydrogens is 309 g/mol. The molecule has 7 heteroatoms. The van der Waals surface area contributed by atoms with Crippen molar-refractivity contribution in [3.63, 3.8) is 0 Å². The zero-order chi connectivity index (χ0) is 17.0. The molecule has 23 heavy (non-hydrogen) atoms. The number of hydrogen-bond acceptors (Lipinski definition) is 3. The van der Waals surface area contributed by atoms with Gasteiger partial charge >= 0.3 is 6.18 Å². The van der Waals surface area contributed by atoms with Gasteiger partial charge in [-0.15, -0.1) is 6.58 Å². The van der Waals surface area contributed by atoms with Gasteiger partial charge in [0.25, 0.3) is 5.91 Å². The van der Waals surface area contributed by atoms with Crippen molar-refractivity contribution in [3.05, 3.63) is 59.5 Å². The quantitative estimate of drug-likeness (QED) is 0.827. The number of amides is 1. The first kappa shape index (κ1) is 16.8. The van der Waals surface area contributed by atoms with Crippen molar-refractivity contribution in [3.8, 4) is 0 Å². The van der Waals surface area contributed by atoms with Gasteiger partial charge in [0, 0.05) is 12.1 Å². The second-order valence-electron chi connectivity index (χ2n) is 5.15. The normalized spacial score (nSPS) is 11.3. The Kier molecular flexibility index (Phi) is 4.88. The van der Waals surface area contributed by atoms with Crippen LogP contribution in [0.25, 0.3) is 0 Å². The van der Waals surface area contributed by atoms with Gasteiger partial charge in [-0.1, -0.05) is 10.7 Å². The third-order valence-corrected chi connectivity index (χ3v) is 3.14. The third-order valence-electron chi connectivity index (χ3n) is 3.14. The van der Waals surface area contributed by atoms with Gasteiger partial charge in [-0.05, 0) is 37.6 Å². The van der Waals surface area contributed by atoms with E-state index in [1.165, 1.54) is 18.3 Å². The number of benzene rings is 1. The maximum Gasteiger partial charge on any atom is 0.416 e. The van der Waals surface area contributed by atoms with Crippen molar-refractivity contribution in [2.45, 2.75) is 25.9 Å². The number of alkyl halides is 3. The summed E-state index contributed by atoms with van der Waals surface area (Å²) in [7, 11) is 0. The van der Waals surface area contributed by atoms with Crippen LogP contribution < -0.4 is 5.32 Å². The van der Waals surface area contributed by atoms with E-state index in [-0.39, 0.29) is 11.3 Å².